The molecule has 2 atom stereocenters. The molecule has 2 heterocycles. The second-order valence-electron chi connectivity index (χ2n) is 6.01. The van der Waals surface area contributed by atoms with Gasteiger partial charge in [0.05, 0.1) is 12.7 Å². The zero-order valence-electron chi connectivity index (χ0n) is 13.6. The molecule has 1 aliphatic rings. The molecule has 3 nitrogen and oxygen atoms in total. The Balaban J connectivity index is 1.59. The molecule has 26 heavy (non-hydrogen) atoms. The van der Waals surface area contributed by atoms with Crippen molar-refractivity contribution < 1.29 is 17.9 Å². The highest BCUT2D eigenvalue weighted by Crippen LogP contribution is 2.47. The number of hydrogen-bond donors (Lipinski definition) is 1. The summed E-state index contributed by atoms with van der Waals surface area (Å²) in [5.74, 6) is -0.828. The number of nitrogens with zero attached hydrogens (tertiary/aromatic N) is 1. The first-order valence-corrected chi connectivity index (χ1v) is 8.98. The third-order valence-electron chi connectivity index (χ3n) is 4.32. The van der Waals surface area contributed by atoms with Gasteiger partial charge in [-0.1, -0.05) is 12.1 Å². The first-order chi connectivity index (χ1) is 12.6. The van der Waals surface area contributed by atoms with Crippen molar-refractivity contribution in [2.75, 3.05) is 0 Å². The van der Waals surface area contributed by atoms with Crippen molar-refractivity contribution >= 4 is 11.8 Å². The molecule has 1 N–H and O–H groups in total. The summed E-state index contributed by atoms with van der Waals surface area (Å²) in [6, 6.07) is 8.22. The second kappa shape index (κ2) is 7.17. The molecule has 2 aromatic carbocycles. The highest BCUT2D eigenvalue weighted by Gasteiger charge is 2.35. The summed E-state index contributed by atoms with van der Waals surface area (Å²) in [5, 5.41) is -0.0761. The van der Waals surface area contributed by atoms with E-state index in [1.807, 2.05) is 0 Å². The van der Waals surface area contributed by atoms with E-state index in [9.17, 15) is 13.2 Å². The predicted molar refractivity (Wildman–Crippen MR) is 92.2 cm³/mol. The van der Waals surface area contributed by atoms with Crippen molar-refractivity contribution in [2.24, 2.45) is 0 Å². The number of nitrogens with one attached hydrogen (secondary N) is 1. The predicted octanol–water partition coefficient (Wildman–Crippen LogP) is 4.80. The first kappa shape index (κ1) is 17.2. The summed E-state index contributed by atoms with van der Waals surface area (Å²) < 4.78 is 47.3. The van der Waals surface area contributed by atoms with E-state index in [-0.39, 0.29) is 23.2 Å². The van der Waals surface area contributed by atoms with E-state index in [1.54, 1.807) is 18.5 Å². The van der Waals surface area contributed by atoms with Gasteiger partial charge in [-0.3, -0.25) is 0 Å². The molecule has 0 fully saturated rings. The normalized spacial score (nSPS) is 18.9. The molecule has 2 unspecified atom stereocenters. The fourth-order valence-electron chi connectivity index (χ4n) is 3.06. The van der Waals surface area contributed by atoms with Crippen LogP contribution in [0.3, 0.4) is 0 Å². The van der Waals surface area contributed by atoms with Crippen LogP contribution in [0.5, 0.6) is 0 Å². The maximum absolute atomic E-state index is 13.9. The molecule has 1 aliphatic heterocycles. The summed E-state index contributed by atoms with van der Waals surface area (Å²) in [5.41, 5.74) is 0.717. The van der Waals surface area contributed by atoms with Crippen molar-refractivity contribution in [2.45, 2.75) is 29.3 Å². The van der Waals surface area contributed by atoms with Gasteiger partial charge in [-0.2, -0.15) is 0 Å². The molecule has 0 bridgehead atoms. The fraction of sp³-hybridized carbons (Fsp3) is 0.211. The smallest absolute Gasteiger partial charge is 0.131 e. The Morgan fingerprint density at radius 3 is 2.65 bits per heavy atom. The Bertz CT molecular complexity index is 897. The van der Waals surface area contributed by atoms with E-state index in [2.05, 4.69) is 9.97 Å². The van der Waals surface area contributed by atoms with Crippen LogP contribution in [0.15, 0.2) is 53.7 Å². The summed E-state index contributed by atoms with van der Waals surface area (Å²) in [4.78, 5) is 8.04. The molecule has 7 heteroatoms. The van der Waals surface area contributed by atoms with E-state index in [0.29, 0.717) is 6.42 Å². The quantitative estimate of drug-likeness (QED) is 0.695. The van der Waals surface area contributed by atoms with Gasteiger partial charge >= 0.3 is 0 Å². The molecular weight excluding hydrogens is 361 g/mol. The van der Waals surface area contributed by atoms with Gasteiger partial charge in [0.15, 0.2) is 0 Å². The molecule has 4 rings (SSSR count). The average molecular weight is 376 g/mol. The monoisotopic (exact) mass is 376 g/mol. The third kappa shape index (κ3) is 3.37. The van der Waals surface area contributed by atoms with E-state index < -0.39 is 17.7 Å². The number of rotatable bonds is 5. The summed E-state index contributed by atoms with van der Waals surface area (Å²) >= 11 is 1.49. The lowest BCUT2D eigenvalue weighted by atomic mass is 10.0. The van der Waals surface area contributed by atoms with Crippen molar-refractivity contribution in [3.8, 4) is 0 Å². The SMILES string of the molecule is Fc1ccc2c(c1)SC(Cc1ncc[nH]1)C2OCc1c(F)cccc1F. The van der Waals surface area contributed by atoms with Gasteiger partial charge in [-0.05, 0) is 29.8 Å². The first-order valence-electron chi connectivity index (χ1n) is 8.10. The molecular formula is C19H15F3N2OS. The number of thioether (sulfide) groups is 1. The number of aromatic nitrogens is 2. The van der Waals surface area contributed by atoms with E-state index in [4.69, 9.17) is 4.74 Å². The zero-order chi connectivity index (χ0) is 18.1. The minimum atomic E-state index is -0.641. The molecule has 134 valence electrons. The standard InChI is InChI=1S/C19H15F3N2OS/c20-11-4-5-12-16(8-11)26-17(9-18-23-6-7-24-18)19(12)25-10-13-14(21)2-1-3-15(13)22/h1-8,17,19H,9-10H2,(H,23,24). The molecule has 1 aromatic heterocycles. The van der Waals surface area contributed by atoms with Gasteiger partial charge in [-0.25, -0.2) is 18.2 Å². The van der Waals surface area contributed by atoms with Crippen LogP contribution < -0.4 is 0 Å². The lowest BCUT2D eigenvalue weighted by Crippen LogP contribution is -2.18. The summed E-state index contributed by atoms with van der Waals surface area (Å²) in [6.45, 7) is -0.199. The van der Waals surface area contributed by atoms with Crippen LogP contribution in [0.2, 0.25) is 0 Å². The van der Waals surface area contributed by atoms with Gasteiger partial charge in [-0.15, -0.1) is 11.8 Å². The molecule has 0 aliphatic carbocycles. The Morgan fingerprint density at radius 1 is 1.12 bits per heavy atom. The lowest BCUT2D eigenvalue weighted by Gasteiger charge is -2.20. The largest absolute Gasteiger partial charge is 0.367 e. The number of aromatic amines is 1. The van der Waals surface area contributed by atoms with Crippen molar-refractivity contribution in [1.82, 2.24) is 9.97 Å². The Hall–Kier alpha value is -2.25. The van der Waals surface area contributed by atoms with Crippen LogP contribution in [0.1, 0.15) is 23.1 Å². The number of halogens is 3. The van der Waals surface area contributed by atoms with Gasteiger partial charge in [0.1, 0.15) is 23.3 Å². The third-order valence-corrected chi connectivity index (χ3v) is 5.64. The Morgan fingerprint density at radius 2 is 1.92 bits per heavy atom. The summed E-state index contributed by atoms with van der Waals surface area (Å²) in [7, 11) is 0. The van der Waals surface area contributed by atoms with Gasteiger partial charge in [0, 0.05) is 34.5 Å². The van der Waals surface area contributed by atoms with Crippen LogP contribution >= 0.6 is 11.8 Å². The van der Waals surface area contributed by atoms with E-state index in [1.165, 1.54) is 42.1 Å². The van der Waals surface area contributed by atoms with Crippen LogP contribution in [0.25, 0.3) is 0 Å². The summed E-state index contributed by atoms with van der Waals surface area (Å²) in [6.07, 6.45) is 3.54. The van der Waals surface area contributed by atoms with Crippen LogP contribution in [0.4, 0.5) is 13.2 Å². The molecule has 0 saturated carbocycles. The van der Waals surface area contributed by atoms with Crippen molar-refractivity contribution in [1.29, 1.82) is 0 Å². The molecule has 0 amide bonds. The maximum atomic E-state index is 13.9. The number of fused-ring (bicyclic) bond motifs is 1. The number of imidazole rings is 1. The molecule has 0 radical (unpaired) electrons. The van der Waals surface area contributed by atoms with E-state index >= 15 is 0 Å². The fourth-order valence-corrected chi connectivity index (χ4v) is 4.48. The maximum Gasteiger partial charge on any atom is 0.131 e. The average Bonchev–Trinajstić information content (AvgIpc) is 3.22. The van der Waals surface area contributed by atoms with Gasteiger partial charge in [0.2, 0.25) is 0 Å². The van der Waals surface area contributed by atoms with E-state index in [0.717, 1.165) is 16.3 Å². The number of ether oxygens (including phenoxy) is 1. The van der Waals surface area contributed by atoms with Crippen LogP contribution in [0, 0.1) is 17.5 Å². The Labute approximate surface area is 152 Å². The highest BCUT2D eigenvalue weighted by atomic mass is 32.2. The zero-order valence-corrected chi connectivity index (χ0v) is 14.4. The molecule has 0 spiro atoms. The number of benzene rings is 2. The van der Waals surface area contributed by atoms with Crippen LogP contribution in [-0.2, 0) is 17.8 Å². The molecule has 3 aromatic rings. The van der Waals surface area contributed by atoms with Crippen LogP contribution in [-0.4, -0.2) is 15.2 Å². The Kier molecular flexibility index (Phi) is 4.74. The minimum absolute atomic E-state index is 0.0761. The highest BCUT2D eigenvalue weighted by molar-refractivity contribution is 8.00. The number of H-pyrrole nitrogens is 1. The minimum Gasteiger partial charge on any atom is -0.367 e. The second-order valence-corrected chi connectivity index (χ2v) is 7.29. The van der Waals surface area contributed by atoms with Gasteiger partial charge < -0.3 is 9.72 Å². The van der Waals surface area contributed by atoms with Crippen molar-refractivity contribution in [3.63, 3.8) is 0 Å². The lowest BCUT2D eigenvalue weighted by molar-refractivity contribution is 0.0359. The molecule has 0 saturated heterocycles. The number of hydrogen-bond acceptors (Lipinski definition) is 3. The van der Waals surface area contributed by atoms with Crippen molar-refractivity contribution in [3.05, 3.63) is 83.2 Å². The topological polar surface area (TPSA) is 37.9 Å². The van der Waals surface area contributed by atoms with Gasteiger partial charge in [0.25, 0.3) is 0 Å².